The summed E-state index contributed by atoms with van der Waals surface area (Å²) < 4.78 is 9.37. The average molecular weight is 886 g/mol. The van der Waals surface area contributed by atoms with Crippen molar-refractivity contribution in [3.63, 3.8) is 0 Å². The lowest BCUT2D eigenvalue weighted by atomic mass is 9.63. The number of halogens is 1. The van der Waals surface area contributed by atoms with E-state index < -0.39 is 0 Å². The molecule has 10 aromatic rings. The van der Waals surface area contributed by atoms with Crippen molar-refractivity contribution in [1.29, 1.82) is 0 Å². The van der Waals surface area contributed by atoms with Gasteiger partial charge in [0.05, 0.1) is 11.4 Å². The Labute approximate surface area is 391 Å². The predicted octanol–water partition coefficient (Wildman–Crippen LogP) is 18.9. The van der Waals surface area contributed by atoms with Crippen LogP contribution in [0.25, 0.3) is 53.2 Å². The minimum atomic E-state index is -0.0541. The van der Waals surface area contributed by atoms with Gasteiger partial charge in [0.15, 0.2) is 5.58 Å². The summed E-state index contributed by atoms with van der Waals surface area (Å²) in [5.74, 6) is 0. The maximum Gasteiger partial charge on any atom is 0.159 e. The molecule has 0 unspecified atom stereocenters. The van der Waals surface area contributed by atoms with Crippen LogP contribution in [0.2, 0.25) is 5.02 Å². The summed E-state index contributed by atoms with van der Waals surface area (Å²) in [7, 11) is 0. The van der Waals surface area contributed by atoms with Crippen molar-refractivity contribution in [2.24, 2.45) is 0 Å². The Balaban J connectivity index is 1.19. The van der Waals surface area contributed by atoms with Gasteiger partial charge in [-0.3, -0.25) is 0 Å². The van der Waals surface area contributed by atoms with E-state index in [1.165, 1.54) is 36.9 Å². The maximum atomic E-state index is 7.49. The van der Waals surface area contributed by atoms with Crippen LogP contribution < -0.4 is 9.80 Å². The molecule has 322 valence electrons. The first-order chi connectivity index (χ1) is 31.2. The molecule has 0 spiro atoms. The van der Waals surface area contributed by atoms with E-state index in [0.717, 1.165) is 80.0 Å². The number of thiophene rings is 1. The van der Waals surface area contributed by atoms with E-state index in [2.05, 4.69) is 222 Å². The summed E-state index contributed by atoms with van der Waals surface area (Å²) in [6, 6.07) is 61.9. The Bertz CT molecular complexity index is 3460. The number of anilines is 6. The fourth-order valence-electron chi connectivity index (χ4n) is 10.2. The highest BCUT2D eigenvalue weighted by atomic mass is 35.5. The van der Waals surface area contributed by atoms with E-state index in [0.29, 0.717) is 5.02 Å². The summed E-state index contributed by atoms with van der Waals surface area (Å²) in [5, 5.41) is 5.31. The van der Waals surface area contributed by atoms with E-state index in [9.17, 15) is 0 Å². The Morgan fingerprint density at radius 1 is 0.508 bits per heavy atom. The van der Waals surface area contributed by atoms with Crippen LogP contribution in [0.1, 0.15) is 78.0 Å². The molecular weight excluding hydrogens is 832 g/mol. The summed E-state index contributed by atoms with van der Waals surface area (Å²) in [6.07, 6.45) is 2.27. The fourth-order valence-corrected chi connectivity index (χ4v) is 11.5. The molecule has 0 atom stereocenters. The zero-order valence-electron chi connectivity index (χ0n) is 38.2. The average Bonchev–Trinajstić information content (AvgIpc) is 3.87. The predicted molar refractivity (Wildman–Crippen MR) is 280 cm³/mol. The Morgan fingerprint density at radius 3 is 1.91 bits per heavy atom. The van der Waals surface area contributed by atoms with Gasteiger partial charge in [0.2, 0.25) is 0 Å². The lowest BCUT2D eigenvalue weighted by Crippen LogP contribution is -2.34. The highest BCUT2D eigenvalue weighted by molar-refractivity contribution is 7.25. The van der Waals surface area contributed by atoms with Gasteiger partial charge in [-0.05, 0) is 130 Å². The van der Waals surface area contributed by atoms with Crippen LogP contribution in [-0.4, -0.2) is 0 Å². The lowest BCUT2D eigenvalue weighted by molar-refractivity contribution is 0.332. The molecule has 3 nitrogen and oxygen atoms in total. The molecule has 2 aromatic heterocycles. The molecular formula is C60H53ClN2OS. The SMILES string of the molecule is CC(C)(C)c1ccc(N(c2cc(Cl)cc(N(c3ccc4c(c3)C(C)(C)CCC4(C)C)c3cccc4c3oc3ccccc34)c2)c2ccc3sc4ccccc4c3c2)c(-c2ccccc2)c1. The van der Waals surface area contributed by atoms with Crippen LogP contribution in [0.15, 0.2) is 174 Å². The first-order valence-corrected chi connectivity index (χ1v) is 24.0. The molecule has 8 aromatic carbocycles. The van der Waals surface area contributed by atoms with E-state index in [4.69, 9.17) is 16.0 Å². The van der Waals surface area contributed by atoms with Crippen molar-refractivity contribution in [2.45, 2.75) is 77.6 Å². The van der Waals surface area contributed by atoms with E-state index in [-0.39, 0.29) is 16.2 Å². The standard InChI is InChI=1S/C60H53ClN2OS/c1-58(2,3)39-24-28-52(48(32-39)38-16-9-8-10-17-38)62(41-26-29-56-49(36-41)46-19-12-14-23-55(46)65-56)43-33-40(61)34-44(35-43)63(42-25-27-50-51(37-42)60(6,7)31-30-59(50,4)5)53-21-15-20-47-45-18-11-13-22-54(45)64-57(47)53/h8-29,32-37H,30-31H2,1-7H3. The fraction of sp³-hybridized carbons (Fsp3) is 0.200. The van der Waals surface area contributed by atoms with Crippen molar-refractivity contribution in [1.82, 2.24) is 0 Å². The molecule has 0 aliphatic heterocycles. The molecule has 0 fully saturated rings. The Kier molecular flexibility index (Phi) is 9.80. The maximum absolute atomic E-state index is 7.49. The van der Waals surface area contributed by atoms with Crippen molar-refractivity contribution < 1.29 is 4.42 Å². The highest BCUT2D eigenvalue weighted by Gasteiger charge is 2.38. The second-order valence-electron chi connectivity index (χ2n) is 20.2. The van der Waals surface area contributed by atoms with Crippen molar-refractivity contribution in [3.8, 4) is 11.1 Å². The number of nitrogens with zero attached hydrogens (tertiary/aromatic N) is 2. The number of rotatable bonds is 7. The van der Waals surface area contributed by atoms with Crippen LogP contribution in [0, 0.1) is 0 Å². The molecule has 0 amide bonds. The second kappa shape index (κ2) is 15.4. The zero-order valence-corrected chi connectivity index (χ0v) is 39.7. The molecule has 5 heteroatoms. The van der Waals surface area contributed by atoms with Crippen molar-refractivity contribution in [2.75, 3.05) is 9.80 Å². The first kappa shape index (κ1) is 41.4. The third kappa shape index (κ3) is 7.19. The zero-order chi connectivity index (χ0) is 44.8. The van der Waals surface area contributed by atoms with E-state index >= 15 is 0 Å². The number of benzene rings is 8. The quantitative estimate of drug-likeness (QED) is 0.159. The van der Waals surface area contributed by atoms with Gasteiger partial charge in [0, 0.05) is 64.3 Å². The van der Waals surface area contributed by atoms with Gasteiger partial charge < -0.3 is 14.2 Å². The number of furan rings is 1. The van der Waals surface area contributed by atoms with Gasteiger partial charge >= 0.3 is 0 Å². The van der Waals surface area contributed by atoms with Gasteiger partial charge in [-0.15, -0.1) is 11.3 Å². The number of hydrogen-bond acceptors (Lipinski definition) is 4. The summed E-state index contributed by atoms with van der Waals surface area (Å²) in [6.45, 7) is 16.4. The van der Waals surface area contributed by atoms with E-state index in [1.54, 1.807) is 0 Å². The Hall–Kier alpha value is -6.33. The smallest absolute Gasteiger partial charge is 0.159 e. The van der Waals surface area contributed by atoms with Crippen LogP contribution in [0.4, 0.5) is 34.1 Å². The highest BCUT2D eigenvalue weighted by Crippen LogP contribution is 2.52. The minimum absolute atomic E-state index is 0.00568. The molecule has 0 N–H and O–H groups in total. The first-order valence-electron chi connectivity index (χ1n) is 22.8. The van der Waals surface area contributed by atoms with Gasteiger partial charge in [0.1, 0.15) is 5.58 Å². The van der Waals surface area contributed by atoms with Gasteiger partial charge in [0.25, 0.3) is 0 Å². The molecule has 0 bridgehead atoms. The van der Waals surface area contributed by atoms with Gasteiger partial charge in [-0.1, -0.05) is 151 Å². The molecule has 0 radical (unpaired) electrons. The molecule has 0 saturated carbocycles. The van der Waals surface area contributed by atoms with Crippen LogP contribution in [-0.2, 0) is 16.2 Å². The van der Waals surface area contributed by atoms with E-state index in [1.807, 2.05) is 17.4 Å². The molecule has 1 aliphatic rings. The van der Waals surface area contributed by atoms with Gasteiger partial charge in [-0.25, -0.2) is 0 Å². The lowest BCUT2D eigenvalue weighted by Gasteiger charge is -2.42. The number of para-hydroxylation sites is 2. The largest absolute Gasteiger partial charge is 0.454 e. The van der Waals surface area contributed by atoms with Crippen molar-refractivity contribution in [3.05, 3.63) is 192 Å². The van der Waals surface area contributed by atoms with Crippen molar-refractivity contribution >= 4 is 99.2 Å². The van der Waals surface area contributed by atoms with Crippen LogP contribution >= 0.6 is 22.9 Å². The summed E-state index contributed by atoms with van der Waals surface area (Å²) >= 11 is 9.33. The van der Waals surface area contributed by atoms with Crippen LogP contribution in [0.5, 0.6) is 0 Å². The molecule has 65 heavy (non-hydrogen) atoms. The minimum Gasteiger partial charge on any atom is -0.454 e. The third-order valence-electron chi connectivity index (χ3n) is 13.9. The molecule has 1 aliphatic carbocycles. The summed E-state index contributed by atoms with van der Waals surface area (Å²) in [4.78, 5) is 4.78. The number of hydrogen-bond donors (Lipinski definition) is 0. The van der Waals surface area contributed by atoms with Gasteiger partial charge in [-0.2, -0.15) is 0 Å². The number of fused-ring (bicyclic) bond motifs is 7. The molecule has 2 heterocycles. The monoisotopic (exact) mass is 884 g/mol. The third-order valence-corrected chi connectivity index (χ3v) is 15.3. The topological polar surface area (TPSA) is 19.6 Å². The molecule has 11 rings (SSSR count). The second-order valence-corrected chi connectivity index (χ2v) is 21.7. The molecule has 0 saturated heterocycles. The normalized spacial score (nSPS) is 14.6. The Morgan fingerprint density at radius 2 is 1.14 bits per heavy atom. The van der Waals surface area contributed by atoms with Crippen LogP contribution in [0.3, 0.4) is 0 Å². The summed E-state index contributed by atoms with van der Waals surface area (Å²) in [5.41, 5.74) is 14.1.